The summed E-state index contributed by atoms with van der Waals surface area (Å²) in [7, 11) is 1.64. The first-order valence-corrected chi connectivity index (χ1v) is 7.60. The van der Waals surface area contributed by atoms with Gasteiger partial charge >= 0.3 is 0 Å². The van der Waals surface area contributed by atoms with E-state index in [1.807, 2.05) is 4.90 Å². The first-order valence-electron chi connectivity index (χ1n) is 6.79. The summed E-state index contributed by atoms with van der Waals surface area (Å²) in [6.07, 6.45) is 0.823. The minimum atomic E-state index is -0.767. The average molecular weight is 349 g/mol. The van der Waals surface area contributed by atoms with Crippen LogP contribution in [0, 0.1) is 5.82 Å². The summed E-state index contributed by atoms with van der Waals surface area (Å²) in [5.41, 5.74) is -0.0168. The van der Waals surface area contributed by atoms with Gasteiger partial charge in [-0.3, -0.25) is 0 Å². The van der Waals surface area contributed by atoms with Crippen molar-refractivity contribution in [3.63, 3.8) is 0 Å². The number of aliphatic hydroxyl groups is 1. The summed E-state index contributed by atoms with van der Waals surface area (Å²) < 4.78 is 19.7. The molecule has 1 aromatic heterocycles. The number of β-amino-alcohol motifs (C(OH)–C–C–N with tert-alkyl or cyclic N) is 1. The van der Waals surface area contributed by atoms with E-state index in [0.29, 0.717) is 31.1 Å². The van der Waals surface area contributed by atoms with Crippen molar-refractivity contribution >= 4 is 34.7 Å². The Morgan fingerprint density at radius 2 is 2.27 bits per heavy atom. The largest absolute Gasteiger partial charge is 0.389 e. The highest BCUT2D eigenvalue weighted by Gasteiger charge is 2.32. The molecule has 2 aliphatic heterocycles. The maximum Gasteiger partial charge on any atom is 0.199 e. The van der Waals surface area contributed by atoms with Crippen LogP contribution in [-0.4, -0.2) is 65.9 Å². The predicted molar refractivity (Wildman–Crippen MR) is 82.2 cm³/mol. The van der Waals surface area contributed by atoms with Crippen LogP contribution in [0.15, 0.2) is 11.2 Å². The maximum absolute atomic E-state index is 14.4. The number of rotatable bonds is 0. The van der Waals surface area contributed by atoms with Gasteiger partial charge in [0, 0.05) is 26.3 Å². The third kappa shape index (κ3) is 2.74. The van der Waals surface area contributed by atoms with Gasteiger partial charge in [0.05, 0.1) is 30.6 Å². The van der Waals surface area contributed by atoms with E-state index in [0.717, 1.165) is 0 Å². The zero-order chi connectivity index (χ0) is 15.9. The first kappa shape index (κ1) is 15.7. The van der Waals surface area contributed by atoms with E-state index in [1.165, 1.54) is 11.1 Å². The summed E-state index contributed by atoms with van der Waals surface area (Å²) in [4.78, 5) is 11.6. The lowest BCUT2D eigenvalue weighted by molar-refractivity contribution is 0.0581. The topological polar surface area (TPSA) is 61.2 Å². The van der Waals surface area contributed by atoms with Crippen LogP contribution < -0.4 is 4.90 Å². The summed E-state index contributed by atoms with van der Waals surface area (Å²) in [6.45, 7) is 1.55. The second-order valence-corrected chi connectivity index (χ2v) is 5.92. The third-order valence-corrected chi connectivity index (χ3v) is 4.29. The number of pyridine rings is 1. The number of halogens is 3. The molecular formula is C13H15Cl2FN4O2. The molecule has 2 unspecified atom stereocenters. The summed E-state index contributed by atoms with van der Waals surface area (Å²) in [5, 5.41) is 9.67. The fourth-order valence-corrected chi connectivity index (χ4v) is 2.89. The summed E-state index contributed by atoms with van der Waals surface area (Å²) >= 11 is 12.0. The van der Waals surface area contributed by atoms with E-state index in [1.54, 1.807) is 7.05 Å². The minimum Gasteiger partial charge on any atom is -0.389 e. The maximum atomic E-state index is 14.4. The van der Waals surface area contributed by atoms with Crippen molar-refractivity contribution in [2.75, 3.05) is 38.3 Å². The molecule has 2 atom stereocenters. The van der Waals surface area contributed by atoms with Gasteiger partial charge in [-0.25, -0.2) is 14.4 Å². The van der Waals surface area contributed by atoms with E-state index < -0.39 is 17.5 Å². The molecule has 6 nitrogen and oxygen atoms in total. The number of hydrogen-bond donors (Lipinski definition) is 1. The summed E-state index contributed by atoms with van der Waals surface area (Å²) in [6, 6.07) is 0. The van der Waals surface area contributed by atoms with Crippen molar-refractivity contribution in [3.8, 4) is 0 Å². The quantitative estimate of drug-likeness (QED) is 0.435. The molecule has 3 rings (SSSR count). The number of nitrogens with zero attached hydrogens (tertiary/aromatic N) is 4. The number of aliphatic hydroxyl groups excluding tert-OH is 1. The van der Waals surface area contributed by atoms with Crippen molar-refractivity contribution < 1.29 is 14.2 Å². The number of anilines is 1. The second kappa shape index (κ2) is 6.16. The molecule has 0 radical (unpaired) electrons. The fraction of sp³-hybridized carbons (Fsp3) is 0.538. The van der Waals surface area contributed by atoms with Crippen LogP contribution in [0.3, 0.4) is 0 Å². The average Bonchev–Trinajstić information content (AvgIpc) is 2.70. The highest BCUT2D eigenvalue weighted by molar-refractivity contribution is 6.30. The molecule has 22 heavy (non-hydrogen) atoms. The minimum absolute atomic E-state index is 0.213. The molecular weight excluding hydrogens is 334 g/mol. The molecule has 0 aliphatic carbocycles. The number of fused-ring (bicyclic) bond motifs is 1. The van der Waals surface area contributed by atoms with Crippen molar-refractivity contribution in [2.45, 2.75) is 11.7 Å². The Bertz CT molecular complexity index is 616. The monoisotopic (exact) mass is 348 g/mol. The van der Waals surface area contributed by atoms with Crippen LogP contribution in [0.25, 0.3) is 0 Å². The van der Waals surface area contributed by atoms with Crippen LogP contribution in [0.4, 0.5) is 10.1 Å². The highest BCUT2D eigenvalue weighted by atomic mass is 35.5. The Labute approximate surface area is 137 Å². The molecule has 3 heterocycles. The zero-order valence-corrected chi connectivity index (χ0v) is 13.4. The molecule has 0 aromatic carbocycles. The standard InChI is InChI=1S/C13H15Cl2FN4O2/c1-19-10-8(4-17-11(14)9(10)16)12(18-13(19)15)20-2-3-22-6-7(21)5-20/h4,7,13,21H,2-3,5-6H2,1H3. The van der Waals surface area contributed by atoms with E-state index in [9.17, 15) is 9.50 Å². The van der Waals surface area contributed by atoms with Gasteiger partial charge in [-0.2, -0.15) is 0 Å². The Morgan fingerprint density at radius 1 is 1.50 bits per heavy atom. The molecule has 0 bridgehead atoms. The van der Waals surface area contributed by atoms with Gasteiger partial charge in [-0.15, -0.1) is 0 Å². The van der Waals surface area contributed by atoms with E-state index in [2.05, 4.69) is 9.98 Å². The number of ether oxygens (including phenoxy) is 1. The van der Waals surface area contributed by atoms with Gasteiger partial charge in [0.2, 0.25) is 0 Å². The Hall–Kier alpha value is -1.15. The SMILES string of the molecule is CN1c2c(cnc(Cl)c2F)C(N2CCOCC(O)C2)=NC1Cl. The van der Waals surface area contributed by atoms with Gasteiger partial charge in [-0.1, -0.05) is 23.2 Å². The lowest BCUT2D eigenvalue weighted by Gasteiger charge is -2.35. The third-order valence-electron chi connectivity index (χ3n) is 3.64. The van der Waals surface area contributed by atoms with Gasteiger partial charge < -0.3 is 19.6 Å². The summed E-state index contributed by atoms with van der Waals surface area (Å²) in [5.74, 6) is -0.146. The molecule has 2 aliphatic rings. The number of aromatic nitrogens is 1. The van der Waals surface area contributed by atoms with Crippen LogP contribution in [0.2, 0.25) is 5.15 Å². The van der Waals surface area contributed by atoms with Crippen LogP contribution >= 0.6 is 23.2 Å². The number of amidine groups is 1. The molecule has 1 fully saturated rings. The van der Waals surface area contributed by atoms with Gasteiger partial charge in [-0.05, 0) is 0 Å². The molecule has 0 amide bonds. The second-order valence-electron chi connectivity index (χ2n) is 5.17. The van der Waals surface area contributed by atoms with Crippen LogP contribution in [0.5, 0.6) is 0 Å². The Morgan fingerprint density at radius 3 is 3.05 bits per heavy atom. The van der Waals surface area contributed by atoms with E-state index in [-0.39, 0.29) is 17.4 Å². The van der Waals surface area contributed by atoms with Crippen LogP contribution in [0.1, 0.15) is 5.56 Å². The Kier molecular flexibility index (Phi) is 4.40. The van der Waals surface area contributed by atoms with Crippen LogP contribution in [-0.2, 0) is 4.74 Å². The molecule has 1 aromatic rings. The zero-order valence-electron chi connectivity index (χ0n) is 11.8. The molecule has 1 N–H and O–H groups in total. The lowest BCUT2D eigenvalue weighted by atomic mass is 10.1. The molecule has 9 heteroatoms. The van der Waals surface area contributed by atoms with Crippen molar-refractivity contribution in [3.05, 3.63) is 22.7 Å². The fourth-order valence-electron chi connectivity index (χ4n) is 2.56. The normalized spacial score (nSPS) is 25.6. The molecule has 0 spiro atoms. The van der Waals surface area contributed by atoms with Gasteiger partial charge in [0.15, 0.2) is 16.6 Å². The van der Waals surface area contributed by atoms with Gasteiger partial charge in [0.1, 0.15) is 5.84 Å². The van der Waals surface area contributed by atoms with E-state index in [4.69, 9.17) is 27.9 Å². The van der Waals surface area contributed by atoms with Crippen molar-refractivity contribution in [2.24, 2.45) is 4.99 Å². The molecule has 120 valence electrons. The van der Waals surface area contributed by atoms with Crippen molar-refractivity contribution in [1.29, 1.82) is 0 Å². The molecule has 1 saturated heterocycles. The lowest BCUT2D eigenvalue weighted by Crippen LogP contribution is -2.43. The Balaban J connectivity index is 2.05. The number of alkyl halides is 1. The smallest absolute Gasteiger partial charge is 0.199 e. The number of aliphatic imine (C=N–C) groups is 1. The number of hydrogen-bond acceptors (Lipinski definition) is 6. The first-order chi connectivity index (χ1) is 10.5. The van der Waals surface area contributed by atoms with E-state index >= 15 is 0 Å². The van der Waals surface area contributed by atoms with Gasteiger partial charge in [0.25, 0.3) is 0 Å². The highest BCUT2D eigenvalue weighted by Crippen LogP contribution is 2.34. The van der Waals surface area contributed by atoms with Crippen molar-refractivity contribution in [1.82, 2.24) is 9.88 Å². The molecule has 0 saturated carbocycles. The predicted octanol–water partition coefficient (Wildman–Crippen LogP) is 1.29.